The number of pyridine rings is 2. The molecule has 6 nitrogen and oxygen atoms in total. The van der Waals surface area contributed by atoms with Gasteiger partial charge in [0.2, 0.25) is 5.88 Å². The average Bonchev–Trinajstić information content (AvgIpc) is 2.70. The Morgan fingerprint density at radius 1 is 1.16 bits per heavy atom. The fourth-order valence-electron chi connectivity index (χ4n) is 2.72. The molecule has 2 aromatic heterocycles. The second-order valence-electron chi connectivity index (χ2n) is 7.79. The molecule has 0 saturated carbocycles. The Morgan fingerprint density at radius 2 is 1.84 bits per heavy atom. The number of carbonyl (C=O) groups is 2. The largest absolute Gasteiger partial charge is 0.471 e. The summed E-state index contributed by atoms with van der Waals surface area (Å²) in [5, 5.41) is 2.71. The van der Waals surface area contributed by atoms with Crippen molar-refractivity contribution in [1.82, 2.24) is 15.3 Å². The van der Waals surface area contributed by atoms with Gasteiger partial charge in [0.15, 0.2) is 6.61 Å². The molecule has 2 heterocycles. The minimum absolute atomic E-state index is 0.0182. The first-order valence-corrected chi connectivity index (χ1v) is 9.92. The molecule has 0 aliphatic carbocycles. The number of amides is 1. The molecule has 0 atom stereocenters. The third-order valence-electron chi connectivity index (χ3n) is 4.53. The molecule has 2 aromatic rings. The lowest BCUT2D eigenvalue weighted by Crippen LogP contribution is -2.34. The van der Waals surface area contributed by atoms with Crippen LogP contribution in [0.4, 0.5) is 17.6 Å². The minimum atomic E-state index is -4.28. The molecule has 10 heteroatoms. The summed E-state index contributed by atoms with van der Waals surface area (Å²) in [6.45, 7) is 5.44. The van der Waals surface area contributed by atoms with Gasteiger partial charge in [-0.1, -0.05) is 13.8 Å². The van der Waals surface area contributed by atoms with Crippen LogP contribution in [0, 0.1) is 19.8 Å². The van der Waals surface area contributed by atoms with Gasteiger partial charge in [0, 0.05) is 47.6 Å². The maximum atomic E-state index is 13.0. The number of rotatable bonds is 10. The van der Waals surface area contributed by atoms with E-state index in [2.05, 4.69) is 15.3 Å². The van der Waals surface area contributed by atoms with E-state index < -0.39 is 19.0 Å². The number of carbonyl (C=O) groups excluding carboxylic acids is 2. The molecule has 0 aromatic carbocycles. The van der Waals surface area contributed by atoms with Gasteiger partial charge in [0.05, 0.1) is 0 Å². The first kappa shape index (κ1) is 25.2. The molecule has 0 fully saturated rings. The Labute approximate surface area is 183 Å². The van der Waals surface area contributed by atoms with Crippen LogP contribution in [0.2, 0.25) is 0 Å². The quantitative estimate of drug-likeness (QED) is 0.547. The molecule has 1 amide bonds. The molecule has 0 saturated heterocycles. The summed E-state index contributed by atoms with van der Waals surface area (Å²) in [6.07, 6.45) is -2.40. The summed E-state index contributed by atoms with van der Waals surface area (Å²) in [5.41, 5.74) is 2.38. The first-order chi connectivity index (χ1) is 14.9. The van der Waals surface area contributed by atoms with Gasteiger partial charge in [-0.2, -0.15) is 8.78 Å². The van der Waals surface area contributed by atoms with E-state index in [0.29, 0.717) is 28.1 Å². The second kappa shape index (κ2) is 10.5. The molecule has 0 aliphatic heterocycles. The Bertz CT molecular complexity index is 981. The molecular formula is C22H25F4N3O3. The normalized spacial score (nSPS) is 11.7. The van der Waals surface area contributed by atoms with Crippen LogP contribution < -0.4 is 10.1 Å². The predicted molar refractivity (Wildman–Crippen MR) is 109 cm³/mol. The smallest absolute Gasteiger partial charge is 0.340 e. The number of Topliss-reactive ketones (excluding diaryl/α,β-unsaturated/α-hetero) is 1. The number of hydrogen-bond donors (Lipinski definition) is 1. The van der Waals surface area contributed by atoms with Crippen molar-refractivity contribution in [3.8, 4) is 5.88 Å². The number of ketones is 1. The summed E-state index contributed by atoms with van der Waals surface area (Å²) in [4.78, 5) is 32.7. The van der Waals surface area contributed by atoms with E-state index in [1.54, 1.807) is 39.0 Å². The zero-order valence-corrected chi connectivity index (χ0v) is 18.2. The highest BCUT2D eigenvalue weighted by molar-refractivity contribution is 5.94. The highest BCUT2D eigenvalue weighted by Crippen LogP contribution is 2.25. The Morgan fingerprint density at radius 3 is 2.44 bits per heavy atom. The van der Waals surface area contributed by atoms with Crippen molar-refractivity contribution in [2.75, 3.05) is 6.61 Å². The molecule has 32 heavy (non-hydrogen) atoms. The number of alkyl halides is 4. The maximum Gasteiger partial charge on any atom is 0.340 e. The molecule has 0 aliphatic rings. The summed E-state index contributed by atoms with van der Waals surface area (Å²) >= 11 is 0. The molecule has 0 bridgehead atoms. The van der Waals surface area contributed by atoms with Crippen LogP contribution in [0.25, 0.3) is 0 Å². The molecule has 1 N–H and O–H groups in total. The van der Waals surface area contributed by atoms with Gasteiger partial charge in [0.25, 0.3) is 5.91 Å². The van der Waals surface area contributed by atoms with Crippen molar-refractivity contribution in [2.24, 2.45) is 5.92 Å². The van der Waals surface area contributed by atoms with Gasteiger partial charge < -0.3 is 10.1 Å². The van der Waals surface area contributed by atoms with Gasteiger partial charge >= 0.3 is 12.3 Å². The van der Waals surface area contributed by atoms with E-state index >= 15 is 0 Å². The van der Waals surface area contributed by atoms with Crippen LogP contribution in [0.3, 0.4) is 0 Å². The number of hydrogen-bond acceptors (Lipinski definition) is 5. The summed E-state index contributed by atoms with van der Waals surface area (Å²) in [6, 6.07) is 4.71. The first-order valence-electron chi connectivity index (χ1n) is 9.92. The van der Waals surface area contributed by atoms with Gasteiger partial charge in [-0.05, 0) is 37.6 Å². The zero-order valence-electron chi connectivity index (χ0n) is 18.2. The van der Waals surface area contributed by atoms with Crippen molar-refractivity contribution >= 4 is 11.7 Å². The Hall–Kier alpha value is -3.04. The highest BCUT2D eigenvalue weighted by Gasteiger charge is 2.42. The number of nitrogens with one attached hydrogen (secondary N) is 1. The lowest BCUT2D eigenvalue weighted by atomic mass is 10.0. The number of aryl methyl sites for hydroxylation is 2. The highest BCUT2D eigenvalue weighted by atomic mass is 19.3. The molecule has 0 spiro atoms. The predicted octanol–water partition coefficient (Wildman–Crippen LogP) is 4.07. The van der Waals surface area contributed by atoms with Crippen LogP contribution in [0.15, 0.2) is 24.4 Å². The van der Waals surface area contributed by atoms with E-state index in [9.17, 15) is 27.2 Å². The van der Waals surface area contributed by atoms with Crippen molar-refractivity contribution in [1.29, 1.82) is 0 Å². The number of aromatic nitrogens is 2. The fraction of sp³-hybridized carbons (Fsp3) is 0.455. The number of ether oxygens (including phenoxy) is 1. The third kappa shape index (κ3) is 7.00. The lowest BCUT2D eigenvalue weighted by molar-refractivity contribution is -0.148. The minimum Gasteiger partial charge on any atom is -0.471 e. The van der Waals surface area contributed by atoms with E-state index in [-0.39, 0.29) is 36.5 Å². The van der Waals surface area contributed by atoms with Gasteiger partial charge in [-0.3, -0.25) is 14.6 Å². The summed E-state index contributed by atoms with van der Waals surface area (Å²) in [5.74, 6) is -4.97. The molecule has 0 unspecified atom stereocenters. The van der Waals surface area contributed by atoms with E-state index in [1.165, 1.54) is 13.1 Å². The number of nitrogens with zero attached hydrogens (tertiary/aromatic N) is 2. The SMILES string of the molecule is Cc1cc(C(=O)NCc2cnc(OCC(F)(F)C(F)F)c(C)c2)cc(CC(=O)C(C)C)n1. The Balaban J connectivity index is 2.01. The number of halogens is 4. The van der Waals surface area contributed by atoms with Gasteiger partial charge in [-0.15, -0.1) is 0 Å². The van der Waals surface area contributed by atoms with Crippen LogP contribution in [-0.2, 0) is 17.8 Å². The van der Waals surface area contributed by atoms with E-state index in [1.807, 2.05) is 0 Å². The summed E-state index contributed by atoms with van der Waals surface area (Å²) < 4.78 is 55.2. The molecule has 2 rings (SSSR count). The van der Waals surface area contributed by atoms with Crippen molar-refractivity contribution in [3.05, 3.63) is 52.5 Å². The van der Waals surface area contributed by atoms with Crippen molar-refractivity contribution < 1.29 is 31.9 Å². The van der Waals surface area contributed by atoms with Gasteiger partial charge in [0.1, 0.15) is 5.78 Å². The van der Waals surface area contributed by atoms with E-state index in [4.69, 9.17) is 4.74 Å². The topological polar surface area (TPSA) is 81.2 Å². The van der Waals surface area contributed by atoms with Crippen LogP contribution in [0.5, 0.6) is 5.88 Å². The van der Waals surface area contributed by atoms with E-state index in [0.717, 1.165) is 0 Å². The molecular weight excluding hydrogens is 430 g/mol. The Kier molecular flexibility index (Phi) is 8.29. The second-order valence-corrected chi connectivity index (χ2v) is 7.79. The lowest BCUT2D eigenvalue weighted by Gasteiger charge is -2.16. The molecule has 0 radical (unpaired) electrons. The van der Waals surface area contributed by atoms with Crippen LogP contribution >= 0.6 is 0 Å². The monoisotopic (exact) mass is 455 g/mol. The molecule has 174 valence electrons. The van der Waals surface area contributed by atoms with Crippen molar-refractivity contribution in [3.63, 3.8) is 0 Å². The average molecular weight is 455 g/mol. The van der Waals surface area contributed by atoms with Gasteiger partial charge in [-0.25, -0.2) is 13.8 Å². The van der Waals surface area contributed by atoms with Crippen LogP contribution in [-0.4, -0.2) is 40.6 Å². The zero-order chi connectivity index (χ0) is 24.1. The van der Waals surface area contributed by atoms with Crippen LogP contribution in [0.1, 0.15) is 46.7 Å². The van der Waals surface area contributed by atoms with Crippen molar-refractivity contribution in [2.45, 2.75) is 53.0 Å². The summed E-state index contributed by atoms with van der Waals surface area (Å²) in [7, 11) is 0. The standard InChI is InChI=1S/C22H25F4N3O3/c1-12(2)18(30)8-17-7-16(6-14(4)29-17)19(31)27-9-15-5-13(3)20(28-10-15)32-11-22(25,26)21(23)24/h5-7,10,12,21H,8-9,11H2,1-4H3,(H,27,31). The maximum absolute atomic E-state index is 13.0. The third-order valence-corrected chi connectivity index (χ3v) is 4.53. The fourth-order valence-corrected chi connectivity index (χ4v) is 2.72.